The number of rotatable bonds is 6. The second-order valence-electron chi connectivity index (χ2n) is 4.70. The first kappa shape index (κ1) is 19.1. The summed E-state index contributed by atoms with van der Waals surface area (Å²) in [6.45, 7) is 1.33. The van der Waals surface area contributed by atoms with E-state index in [1.54, 1.807) is 30.3 Å². The van der Waals surface area contributed by atoms with Crippen LogP contribution < -0.4 is 4.74 Å². The van der Waals surface area contributed by atoms with Crippen LogP contribution in [0.5, 0.6) is 11.6 Å². The molecule has 0 fully saturated rings. The second-order valence-corrected chi connectivity index (χ2v) is 4.70. The first-order valence-corrected chi connectivity index (χ1v) is 6.74. The Morgan fingerprint density at radius 2 is 2.13 bits per heavy atom. The molecule has 0 radical (unpaired) electrons. The predicted octanol–water partition coefficient (Wildman–Crippen LogP) is 3.13. The minimum absolute atomic E-state index is 0. The number of hydrogen-bond donors (Lipinski definition) is 2. The van der Waals surface area contributed by atoms with Crippen molar-refractivity contribution in [1.29, 1.82) is 0 Å². The molecule has 5 nitrogen and oxygen atoms in total. The van der Waals surface area contributed by atoms with E-state index in [-0.39, 0.29) is 39.0 Å². The standard InChI is InChI=1S/C17H16NO4.Pt/c1-12(19)10-13(20)11-16(21)15-8-5-9-17(18-15)22-14-6-3-2-4-7-14;/h2-6,8-10,16,20-21H,11H2,1H3;/q-1;/b13-10-;. The predicted molar refractivity (Wildman–Crippen MR) is 80.6 cm³/mol. The van der Waals surface area contributed by atoms with Gasteiger partial charge in [0.05, 0.1) is 11.5 Å². The van der Waals surface area contributed by atoms with Crippen LogP contribution in [0.25, 0.3) is 0 Å². The van der Waals surface area contributed by atoms with Crippen LogP contribution in [0.3, 0.4) is 0 Å². The molecule has 0 saturated carbocycles. The van der Waals surface area contributed by atoms with Crippen LogP contribution >= 0.6 is 0 Å². The summed E-state index contributed by atoms with van der Waals surface area (Å²) in [6.07, 6.45) is -0.0467. The fourth-order valence-electron chi connectivity index (χ4n) is 1.82. The number of allylic oxidation sites excluding steroid dienone is 1. The van der Waals surface area contributed by atoms with Gasteiger partial charge < -0.3 is 14.9 Å². The van der Waals surface area contributed by atoms with E-state index in [9.17, 15) is 15.0 Å². The fraction of sp³-hybridized carbons (Fsp3) is 0.176. The number of pyridine rings is 1. The Bertz CT molecular complexity index is 673. The molecule has 1 atom stereocenters. The van der Waals surface area contributed by atoms with E-state index in [0.29, 0.717) is 17.3 Å². The third-order valence-corrected chi connectivity index (χ3v) is 2.75. The van der Waals surface area contributed by atoms with Crippen LogP contribution in [-0.2, 0) is 25.9 Å². The molecule has 6 heteroatoms. The number of carbonyl (C=O) groups is 1. The molecule has 0 spiro atoms. The van der Waals surface area contributed by atoms with Crippen LogP contribution in [0.1, 0.15) is 25.1 Å². The molecular weight excluding hydrogens is 477 g/mol. The monoisotopic (exact) mass is 493 g/mol. The first-order valence-electron chi connectivity index (χ1n) is 6.74. The summed E-state index contributed by atoms with van der Waals surface area (Å²) in [6, 6.07) is 15.0. The van der Waals surface area contributed by atoms with Crippen LogP contribution in [0.15, 0.2) is 54.3 Å². The summed E-state index contributed by atoms with van der Waals surface area (Å²) in [4.78, 5) is 15.1. The Morgan fingerprint density at radius 3 is 2.78 bits per heavy atom. The number of aliphatic hydroxyl groups excluding tert-OH is 2. The number of nitrogens with zero attached hydrogens (tertiary/aromatic N) is 1. The Hall–Kier alpha value is -1.97. The van der Waals surface area contributed by atoms with Gasteiger partial charge in [-0.1, -0.05) is 6.07 Å². The van der Waals surface area contributed by atoms with Crippen LogP contribution in [0, 0.1) is 6.07 Å². The minimum Gasteiger partial charge on any atom is -0.512 e. The van der Waals surface area contributed by atoms with Crippen molar-refractivity contribution in [1.82, 2.24) is 4.98 Å². The SMILES string of the molecule is CC(=O)/C=C(\O)CC(O)c1cccc(Oc2[c-]cccc2)n1.[Pt]. The van der Waals surface area contributed by atoms with Crippen molar-refractivity contribution in [2.75, 3.05) is 0 Å². The van der Waals surface area contributed by atoms with Crippen molar-refractivity contribution in [2.45, 2.75) is 19.4 Å². The zero-order chi connectivity index (χ0) is 15.9. The molecule has 0 aliphatic rings. The third kappa shape index (κ3) is 6.35. The maximum Gasteiger partial charge on any atom is 0.216 e. The van der Waals surface area contributed by atoms with Gasteiger partial charge >= 0.3 is 0 Å². The number of para-hydroxylation sites is 1. The van der Waals surface area contributed by atoms with Gasteiger partial charge in [0.1, 0.15) is 6.10 Å². The average Bonchev–Trinajstić information content (AvgIpc) is 2.47. The van der Waals surface area contributed by atoms with Gasteiger partial charge in [0.25, 0.3) is 0 Å². The zero-order valence-corrected chi connectivity index (χ0v) is 14.6. The van der Waals surface area contributed by atoms with E-state index in [2.05, 4.69) is 11.1 Å². The molecule has 0 aliphatic carbocycles. The molecule has 0 amide bonds. The molecule has 1 aromatic heterocycles. The van der Waals surface area contributed by atoms with E-state index in [0.717, 1.165) is 6.08 Å². The van der Waals surface area contributed by atoms with Crippen molar-refractivity contribution < 1.29 is 40.8 Å². The van der Waals surface area contributed by atoms with Gasteiger partial charge in [0.15, 0.2) is 5.78 Å². The van der Waals surface area contributed by atoms with E-state index >= 15 is 0 Å². The zero-order valence-electron chi connectivity index (χ0n) is 12.4. The van der Waals surface area contributed by atoms with E-state index in [1.807, 2.05) is 12.1 Å². The molecular formula is C17H16NO4Pt-. The molecule has 1 unspecified atom stereocenters. The molecule has 0 aliphatic heterocycles. The maximum atomic E-state index is 10.9. The van der Waals surface area contributed by atoms with E-state index in [1.165, 1.54) is 6.92 Å². The molecule has 124 valence electrons. The normalized spacial score (nSPS) is 12.2. The van der Waals surface area contributed by atoms with Gasteiger partial charge in [0.2, 0.25) is 5.88 Å². The molecule has 0 bridgehead atoms. The number of benzene rings is 1. The molecule has 2 rings (SSSR count). The number of ketones is 1. The van der Waals surface area contributed by atoms with Gasteiger partial charge in [-0.05, 0) is 13.0 Å². The van der Waals surface area contributed by atoms with E-state index < -0.39 is 6.10 Å². The molecule has 2 N–H and O–H groups in total. The third-order valence-electron chi connectivity index (χ3n) is 2.75. The molecule has 1 heterocycles. The van der Waals surface area contributed by atoms with Gasteiger partial charge in [-0.3, -0.25) is 4.79 Å². The van der Waals surface area contributed by atoms with Gasteiger partial charge in [-0.15, -0.1) is 12.1 Å². The average molecular weight is 493 g/mol. The van der Waals surface area contributed by atoms with Gasteiger partial charge in [0, 0.05) is 45.4 Å². The largest absolute Gasteiger partial charge is 0.512 e. The fourth-order valence-corrected chi connectivity index (χ4v) is 1.82. The summed E-state index contributed by atoms with van der Waals surface area (Å²) < 4.78 is 5.53. The van der Waals surface area contributed by atoms with E-state index in [4.69, 9.17) is 4.74 Å². The number of hydrogen-bond acceptors (Lipinski definition) is 5. The summed E-state index contributed by atoms with van der Waals surface area (Å²) in [7, 11) is 0. The molecule has 23 heavy (non-hydrogen) atoms. The van der Waals surface area contributed by atoms with Gasteiger partial charge in [-0.2, -0.15) is 18.2 Å². The van der Waals surface area contributed by atoms with Crippen LogP contribution in [0.2, 0.25) is 0 Å². The number of carbonyl (C=O) groups excluding carboxylic acids is 1. The van der Waals surface area contributed by atoms with Crippen LogP contribution in [0.4, 0.5) is 0 Å². The quantitative estimate of drug-likeness (QED) is 0.367. The summed E-state index contributed by atoms with van der Waals surface area (Å²) in [5, 5.41) is 19.6. The summed E-state index contributed by atoms with van der Waals surface area (Å²) in [5.41, 5.74) is 0.344. The Morgan fingerprint density at radius 1 is 1.35 bits per heavy atom. The maximum absolute atomic E-state index is 10.9. The van der Waals surface area contributed by atoms with Crippen molar-refractivity contribution in [3.63, 3.8) is 0 Å². The molecule has 2 aromatic rings. The minimum atomic E-state index is -1.03. The Labute approximate surface area is 148 Å². The number of aliphatic hydroxyl groups is 2. The number of aromatic nitrogens is 1. The number of ether oxygens (including phenoxy) is 1. The van der Waals surface area contributed by atoms with Crippen LogP contribution in [-0.4, -0.2) is 21.0 Å². The topological polar surface area (TPSA) is 79.7 Å². The molecule has 0 saturated heterocycles. The first-order chi connectivity index (χ1) is 10.5. The Kier molecular flexibility index (Phi) is 7.66. The smallest absolute Gasteiger partial charge is 0.216 e. The van der Waals surface area contributed by atoms with Crippen molar-refractivity contribution in [3.8, 4) is 11.6 Å². The van der Waals surface area contributed by atoms with Gasteiger partial charge in [-0.25, -0.2) is 4.98 Å². The van der Waals surface area contributed by atoms with Crippen molar-refractivity contribution in [2.24, 2.45) is 0 Å². The summed E-state index contributed by atoms with van der Waals surface area (Å²) in [5.74, 6) is 0.355. The van der Waals surface area contributed by atoms with Crippen molar-refractivity contribution >= 4 is 5.78 Å². The Balaban J connectivity index is 0.00000264. The summed E-state index contributed by atoms with van der Waals surface area (Å²) >= 11 is 0. The van der Waals surface area contributed by atoms with Crippen molar-refractivity contribution in [3.05, 3.63) is 66.1 Å². The second kappa shape index (κ2) is 9.23. The molecule has 1 aromatic carbocycles.